The van der Waals surface area contributed by atoms with Gasteiger partial charge in [0.05, 0.1) is 9.85 Å². The number of aliphatic imine (C=N–C) groups is 2. The Morgan fingerprint density at radius 3 is 1.33 bits per heavy atom. The van der Waals surface area contributed by atoms with Gasteiger partial charge < -0.3 is 0 Å². The predicted octanol–water partition coefficient (Wildman–Crippen LogP) is 5.46. The molecule has 0 unspecified atom stereocenters. The first-order valence-electron chi connectivity index (χ1n) is 14.1. The van der Waals surface area contributed by atoms with Gasteiger partial charge in [0.25, 0.3) is 23.2 Å². The van der Waals surface area contributed by atoms with E-state index in [0.717, 1.165) is 0 Å². The smallest absolute Gasteiger partial charge is 0.278 e. The van der Waals surface area contributed by atoms with Crippen molar-refractivity contribution in [1.82, 2.24) is 9.80 Å². The summed E-state index contributed by atoms with van der Waals surface area (Å²) in [5, 5.41) is 22.6. The fourth-order valence-electron chi connectivity index (χ4n) is 5.10. The molecule has 0 aliphatic carbocycles. The Kier molecular flexibility index (Phi) is 8.07. The second kappa shape index (κ2) is 12.6. The van der Waals surface area contributed by atoms with E-state index >= 15 is 0 Å². The highest BCUT2D eigenvalue weighted by molar-refractivity contribution is 6.21. The van der Waals surface area contributed by atoms with Crippen LogP contribution in [0.2, 0.25) is 0 Å². The molecule has 0 saturated heterocycles. The number of benzene rings is 4. The van der Waals surface area contributed by atoms with E-state index < -0.39 is 21.7 Å². The SMILES string of the molecule is O=C1/C(=C/c2cccc([N+](=O)[O-])c2)N=C(c2ccccc2)N1CCN1C(=O)/C(=C/c2cccc([N+](=O)[O-])c2)N=C1c1ccccc1. The molecule has 2 aliphatic heterocycles. The summed E-state index contributed by atoms with van der Waals surface area (Å²) in [6.07, 6.45) is 2.99. The van der Waals surface area contributed by atoms with E-state index in [1.54, 1.807) is 12.1 Å². The normalized spacial score (nSPS) is 16.3. The maximum Gasteiger partial charge on any atom is 0.278 e. The van der Waals surface area contributed by atoms with Crippen molar-refractivity contribution in [1.29, 1.82) is 0 Å². The molecule has 12 heteroatoms. The summed E-state index contributed by atoms with van der Waals surface area (Å²) in [6, 6.07) is 30.0. The van der Waals surface area contributed by atoms with Crippen LogP contribution in [0.15, 0.2) is 131 Å². The zero-order valence-corrected chi connectivity index (χ0v) is 24.1. The molecule has 0 spiro atoms. The van der Waals surface area contributed by atoms with Crippen LogP contribution in [0.1, 0.15) is 22.3 Å². The Hall–Kier alpha value is -6.56. The number of non-ortho nitro benzene ring substituents is 2. The van der Waals surface area contributed by atoms with Gasteiger partial charge in [0.1, 0.15) is 23.1 Å². The number of hydrogen-bond acceptors (Lipinski definition) is 8. The van der Waals surface area contributed by atoms with Crippen molar-refractivity contribution < 1.29 is 19.4 Å². The lowest BCUT2D eigenvalue weighted by Crippen LogP contribution is -2.42. The lowest BCUT2D eigenvalue weighted by atomic mass is 10.1. The van der Waals surface area contributed by atoms with E-state index in [1.807, 2.05) is 60.7 Å². The fourth-order valence-corrected chi connectivity index (χ4v) is 5.10. The van der Waals surface area contributed by atoms with Crippen molar-refractivity contribution in [2.75, 3.05) is 13.1 Å². The summed E-state index contributed by atoms with van der Waals surface area (Å²) in [5.74, 6) is -0.107. The van der Waals surface area contributed by atoms with Gasteiger partial charge in [0, 0.05) is 48.5 Å². The molecule has 0 aromatic heterocycles. The molecule has 2 amide bonds. The molecular weight excluding hydrogens is 588 g/mol. The molecule has 226 valence electrons. The maximum atomic E-state index is 13.8. The zero-order valence-electron chi connectivity index (χ0n) is 24.1. The van der Waals surface area contributed by atoms with Gasteiger partial charge in [-0.1, -0.05) is 84.9 Å². The van der Waals surface area contributed by atoms with Gasteiger partial charge in [-0.3, -0.25) is 39.6 Å². The summed E-state index contributed by atoms with van der Waals surface area (Å²) in [7, 11) is 0. The number of carbonyl (C=O) groups excluding carboxylic acids is 2. The van der Waals surface area contributed by atoms with Gasteiger partial charge in [-0.2, -0.15) is 0 Å². The van der Waals surface area contributed by atoms with Crippen molar-refractivity contribution in [3.05, 3.63) is 163 Å². The van der Waals surface area contributed by atoms with Gasteiger partial charge in [-0.15, -0.1) is 0 Å². The number of carbonyl (C=O) groups is 2. The first kappa shape index (κ1) is 29.5. The highest BCUT2D eigenvalue weighted by Gasteiger charge is 2.35. The van der Waals surface area contributed by atoms with Gasteiger partial charge in [0.2, 0.25) is 0 Å². The summed E-state index contributed by atoms with van der Waals surface area (Å²) in [5.41, 5.74) is 2.20. The van der Waals surface area contributed by atoms with Crippen LogP contribution >= 0.6 is 0 Å². The molecule has 4 aromatic rings. The van der Waals surface area contributed by atoms with Crippen molar-refractivity contribution in [3.63, 3.8) is 0 Å². The van der Waals surface area contributed by atoms with Gasteiger partial charge >= 0.3 is 0 Å². The molecular formula is C34H24N6O6. The van der Waals surface area contributed by atoms with Crippen LogP contribution in [-0.2, 0) is 9.59 Å². The van der Waals surface area contributed by atoms with Crippen LogP contribution in [0.4, 0.5) is 11.4 Å². The van der Waals surface area contributed by atoms with Crippen molar-refractivity contribution in [2.45, 2.75) is 0 Å². The number of nitro groups is 2. The van der Waals surface area contributed by atoms with E-state index in [-0.39, 0.29) is 35.9 Å². The minimum Gasteiger partial charge on any atom is -0.289 e. The summed E-state index contributed by atoms with van der Waals surface area (Å²) in [4.78, 5) is 61.2. The third kappa shape index (κ3) is 6.08. The van der Waals surface area contributed by atoms with Crippen LogP contribution in [0.5, 0.6) is 0 Å². The molecule has 12 nitrogen and oxygen atoms in total. The number of rotatable bonds is 9. The molecule has 0 radical (unpaired) electrons. The average Bonchev–Trinajstić information content (AvgIpc) is 3.55. The molecule has 0 saturated carbocycles. The Labute approximate surface area is 262 Å². The highest BCUT2D eigenvalue weighted by Crippen LogP contribution is 2.26. The maximum absolute atomic E-state index is 13.8. The zero-order chi connectivity index (χ0) is 32.2. The van der Waals surface area contributed by atoms with E-state index in [0.29, 0.717) is 33.9 Å². The van der Waals surface area contributed by atoms with Crippen LogP contribution in [0.25, 0.3) is 12.2 Å². The monoisotopic (exact) mass is 612 g/mol. The molecule has 0 N–H and O–H groups in total. The van der Waals surface area contributed by atoms with Gasteiger partial charge in [-0.25, -0.2) is 9.98 Å². The van der Waals surface area contributed by atoms with E-state index in [2.05, 4.69) is 9.98 Å². The van der Waals surface area contributed by atoms with Crippen molar-refractivity contribution in [2.24, 2.45) is 9.98 Å². The van der Waals surface area contributed by atoms with Crippen LogP contribution in [0.3, 0.4) is 0 Å². The molecule has 46 heavy (non-hydrogen) atoms. The highest BCUT2D eigenvalue weighted by atomic mass is 16.6. The van der Waals surface area contributed by atoms with Crippen molar-refractivity contribution >= 4 is 47.0 Å². The Morgan fingerprint density at radius 1 is 0.565 bits per heavy atom. The third-order valence-corrected chi connectivity index (χ3v) is 7.27. The molecule has 6 rings (SSSR count). The summed E-state index contributed by atoms with van der Waals surface area (Å²) < 4.78 is 0. The minimum atomic E-state index is -0.510. The fraction of sp³-hybridized carbons (Fsp3) is 0.0588. The lowest BCUT2D eigenvalue weighted by Gasteiger charge is -2.23. The number of amidine groups is 2. The molecule has 0 atom stereocenters. The Balaban J connectivity index is 1.32. The van der Waals surface area contributed by atoms with E-state index in [1.165, 1.54) is 58.4 Å². The van der Waals surface area contributed by atoms with E-state index in [9.17, 15) is 29.8 Å². The van der Waals surface area contributed by atoms with Crippen LogP contribution in [0, 0.1) is 20.2 Å². The molecule has 0 fully saturated rings. The number of nitrogens with zero attached hydrogens (tertiary/aromatic N) is 6. The topological polar surface area (TPSA) is 152 Å². The van der Waals surface area contributed by atoms with Crippen LogP contribution in [-0.4, -0.2) is 56.2 Å². The van der Waals surface area contributed by atoms with Gasteiger partial charge in [0.15, 0.2) is 0 Å². The molecule has 0 bridgehead atoms. The third-order valence-electron chi connectivity index (χ3n) is 7.27. The Bertz CT molecular complexity index is 1860. The van der Waals surface area contributed by atoms with Crippen molar-refractivity contribution in [3.8, 4) is 0 Å². The number of nitro benzene ring substituents is 2. The predicted molar refractivity (Wildman–Crippen MR) is 172 cm³/mol. The molecule has 2 aliphatic rings. The summed E-state index contributed by atoms with van der Waals surface area (Å²) in [6.45, 7) is 0.112. The average molecular weight is 613 g/mol. The standard InChI is InChI=1S/C34H24N6O6/c41-33-29(21-23-9-7-15-27(19-23)39(43)44)35-31(25-11-3-1-4-12-25)37(33)17-18-38-32(26-13-5-2-6-14-26)36-30(34(38)42)22-24-10-8-16-28(20-24)40(45)46/h1-16,19-22H,17-18H2/b29-21-,30-22-. The lowest BCUT2D eigenvalue weighted by molar-refractivity contribution is -0.385. The summed E-state index contributed by atoms with van der Waals surface area (Å²) >= 11 is 0. The van der Waals surface area contributed by atoms with Crippen LogP contribution < -0.4 is 0 Å². The first-order valence-corrected chi connectivity index (χ1v) is 14.1. The Morgan fingerprint density at radius 2 is 0.957 bits per heavy atom. The second-order valence-corrected chi connectivity index (χ2v) is 10.3. The second-order valence-electron chi connectivity index (χ2n) is 10.3. The van der Waals surface area contributed by atoms with E-state index in [4.69, 9.17) is 0 Å². The first-order chi connectivity index (χ1) is 22.3. The minimum absolute atomic E-state index is 0.0561. The van der Waals surface area contributed by atoms with Gasteiger partial charge in [-0.05, 0) is 23.3 Å². The molecule has 4 aromatic carbocycles. The molecule has 2 heterocycles. The number of amides is 2. The quantitative estimate of drug-likeness (QED) is 0.139. The largest absolute Gasteiger partial charge is 0.289 e. The number of hydrogen-bond donors (Lipinski definition) is 0.